The first-order chi connectivity index (χ1) is 9.90. The lowest BCUT2D eigenvalue weighted by atomic mass is 10.2. The molecule has 0 aliphatic carbocycles. The van der Waals surface area contributed by atoms with E-state index in [1.54, 1.807) is 18.2 Å². The number of hydrogen-bond acceptors (Lipinski definition) is 3. The molecule has 1 amide bonds. The summed E-state index contributed by atoms with van der Waals surface area (Å²) in [7, 11) is 0. The molecule has 108 valence electrons. The van der Waals surface area contributed by atoms with Crippen molar-refractivity contribution in [2.24, 2.45) is 0 Å². The third-order valence-corrected chi connectivity index (χ3v) is 4.66. The molecule has 0 spiro atoms. The van der Waals surface area contributed by atoms with E-state index in [0.29, 0.717) is 15.2 Å². The predicted molar refractivity (Wildman–Crippen MR) is 87.9 cm³/mol. The number of nitro benzene ring substituents is 1. The molecular weight excluding hydrogens is 427 g/mol. The molecule has 8 heteroatoms. The summed E-state index contributed by atoms with van der Waals surface area (Å²) in [5.41, 5.74) is 0.492. The minimum absolute atomic E-state index is 0.135. The number of nitrogens with one attached hydrogen (secondary N) is 1. The Morgan fingerprint density at radius 2 is 1.95 bits per heavy atom. The number of carbonyl (C=O) groups is 1. The maximum Gasteiger partial charge on any atom is 0.284 e. The van der Waals surface area contributed by atoms with Crippen LogP contribution in [0.15, 0.2) is 45.3 Å². The molecule has 0 atom stereocenters. The lowest BCUT2D eigenvalue weighted by molar-refractivity contribution is -0.385. The number of nitro groups is 1. The smallest absolute Gasteiger partial charge is 0.284 e. The molecule has 21 heavy (non-hydrogen) atoms. The van der Waals surface area contributed by atoms with Crippen LogP contribution in [0.2, 0.25) is 5.02 Å². The first-order valence-electron chi connectivity index (χ1n) is 5.59. The standard InChI is InChI=1S/C13H7Br2ClN2O3/c14-9-5-4-7(6-10(9)16)17-13(19)8-2-1-3-11(12(8)15)18(20)21/h1-6H,(H,17,19). The molecule has 2 rings (SSSR count). The van der Waals surface area contributed by atoms with E-state index in [4.69, 9.17) is 11.6 Å². The Bertz CT molecular complexity index is 737. The highest BCUT2D eigenvalue weighted by Gasteiger charge is 2.19. The Labute approximate surface area is 141 Å². The minimum Gasteiger partial charge on any atom is -0.322 e. The van der Waals surface area contributed by atoms with Crippen molar-refractivity contribution in [2.45, 2.75) is 0 Å². The maximum atomic E-state index is 12.2. The fourth-order valence-corrected chi connectivity index (χ4v) is 2.62. The van der Waals surface area contributed by atoms with E-state index in [1.807, 2.05) is 0 Å². The van der Waals surface area contributed by atoms with Crippen molar-refractivity contribution < 1.29 is 9.72 Å². The largest absolute Gasteiger partial charge is 0.322 e. The maximum absolute atomic E-state index is 12.2. The third-order valence-electron chi connectivity index (χ3n) is 2.60. The van der Waals surface area contributed by atoms with Crippen LogP contribution in [0.1, 0.15) is 10.4 Å². The number of benzene rings is 2. The van der Waals surface area contributed by atoms with Gasteiger partial charge in [0.15, 0.2) is 0 Å². The zero-order valence-electron chi connectivity index (χ0n) is 10.3. The summed E-state index contributed by atoms with van der Waals surface area (Å²) in [4.78, 5) is 22.5. The van der Waals surface area contributed by atoms with E-state index in [2.05, 4.69) is 37.2 Å². The second-order valence-corrected chi connectivity index (χ2v) is 6.03. The molecule has 0 fully saturated rings. The van der Waals surface area contributed by atoms with E-state index in [-0.39, 0.29) is 15.7 Å². The highest BCUT2D eigenvalue weighted by molar-refractivity contribution is 9.11. The first-order valence-corrected chi connectivity index (χ1v) is 7.56. The molecule has 0 aromatic heterocycles. The molecule has 0 aliphatic rings. The molecule has 0 unspecified atom stereocenters. The number of amides is 1. The van der Waals surface area contributed by atoms with E-state index in [0.717, 1.165) is 0 Å². The number of carbonyl (C=O) groups excluding carboxylic acids is 1. The fourth-order valence-electron chi connectivity index (χ4n) is 1.61. The second-order valence-electron chi connectivity index (χ2n) is 3.98. The summed E-state index contributed by atoms with van der Waals surface area (Å²) in [6, 6.07) is 9.20. The third kappa shape index (κ3) is 3.61. The molecule has 0 bridgehead atoms. The summed E-state index contributed by atoms with van der Waals surface area (Å²) in [5.74, 6) is -0.469. The van der Waals surface area contributed by atoms with E-state index < -0.39 is 10.8 Å². The van der Waals surface area contributed by atoms with Gasteiger partial charge in [0, 0.05) is 16.2 Å². The highest BCUT2D eigenvalue weighted by atomic mass is 79.9. The van der Waals surface area contributed by atoms with Gasteiger partial charge >= 0.3 is 0 Å². The Hall–Kier alpha value is -1.44. The van der Waals surface area contributed by atoms with E-state index >= 15 is 0 Å². The van der Waals surface area contributed by atoms with Gasteiger partial charge in [-0.25, -0.2) is 0 Å². The van der Waals surface area contributed by atoms with Crippen molar-refractivity contribution in [1.82, 2.24) is 0 Å². The molecule has 2 aromatic rings. The zero-order valence-corrected chi connectivity index (χ0v) is 14.2. The van der Waals surface area contributed by atoms with Crippen LogP contribution >= 0.6 is 43.5 Å². The molecule has 0 saturated carbocycles. The van der Waals surface area contributed by atoms with Crippen molar-refractivity contribution in [3.63, 3.8) is 0 Å². The van der Waals surface area contributed by atoms with E-state index in [1.165, 1.54) is 18.2 Å². The summed E-state index contributed by atoms with van der Waals surface area (Å²) >= 11 is 12.3. The van der Waals surface area contributed by atoms with Crippen LogP contribution in [0.5, 0.6) is 0 Å². The Balaban J connectivity index is 2.30. The average Bonchev–Trinajstić information content (AvgIpc) is 2.42. The SMILES string of the molecule is O=C(Nc1ccc(Br)c(Cl)c1)c1cccc([N+](=O)[O-])c1Br. The van der Waals surface area contributed by atoms with Gasteiger partial charge in [-0.15, -0.1) is 0 Å². The van der Waals surface area contributed by atoms with Crippen molar-refractivity contribution in [1.29, 1.82) is 0 Å². The van der Waals surface area contributed by atoms with Gasteiger partial charge in [-0.3, -0.25) is 14.9 Å². The molecule has 0 radical (unpaired) electrons. The van der Waals surface area contributed by atoms with Gasteiger partial charge in [0.1, 0.15) is 4.47 Å². The first kappa shape index (κ1) is 15.9. The molecule has 5 nitrogen and oxygen atoms in total. The van der Waals surface area contributed by atoms with Gasteiger partial charge in [0.05, 0.1) is 15.5 Å². The topological polar surface area (TPSA) is 72.2 Å². The normalized spacial score (nSPS) is 10.2. The van der Waals surface area contributed by atoms with Crippen LogP contribution in [-0.4, -0.2) is 10.8 Å². The number of halogens is 3. The molecule has 0 heterocycles. The van der Waals surface area contributed by atoms with Crippen LogP contribution in [0, 0.1) is 10.1 Å². The lowest BCUT2D eigenvalue weighted by Crippen LogP contribution is -2.13. The Kier molecular flexibility index (Phi) is 4.97. The van der Waals surface area contributed by atoms with Gasteiger partial charge in [-0.1, -0.05) is 17.7 Å². The van der Waals surface area contributed by atoms with Gasteiger partial charge in [0.2, 0.25) is 0 Å². The van der Waals surface area contributed by atoms with Crippen molar-refractivity contribution in [3.05, 3.63) is 66.0 Å². The number of hydrogen-bond donors (Lipinski definition) is 1. The van der Waals surface area contributed by atoms with E-state index in [9.17, 15) is 14.9 Å². The van der Waals surface area contributed by atoms with Crippen LogP contribution in [-0.2, 0) is 0 Å². The Morgan fingerprint density at radius 1 is 1.24 bits per heavy atom. The average molecular weight is 434 g/mol. The summed E-state index contributed by atoms with van der Waals surface area (Å²) in [6.45, 7) is 0. The number of anilines is 1. The molecule has 1 N–H and O–H groups in total. The number of nitrogens with zero attached hydrogens (tertiary/aromatic N) is 1. The second kappa shape index (κ2) is 6.55. The summed E-state index contributed by atoms with van der Waals surface area (Å²) in [5, 5.41) is 13.9. The predicted octanol–water partition coefficient (Wildman–Crippen LogP) is 5.03. The van der Waals surface area contributed by atoms with Crippen LogP contribution in [0.4, 0.5) is 11.4 Å². The summed E-state index contributed by atoms with van der Waals surface area (Å²) in [6.07, 6.45) is 0. The summed E-state index contributed by atoms with van der Waals surface area (Å²) < 4.78 is 0.842. The van der Waals surface area contributed by atoms with Gasteiger partial charge < -0.3 is 5.32 Å². The molecular formula is C13H7Br2ClN2O3. The Morgan fingerprint density at radius 3 is 2.57 bits per heavy atom. The minimum atomic E-state index is -0.558. The molecule has 0 aliphatic heterocycles. The molecule has 0 saturated heterocycles. The van der Waals surface area contributed by atoms with Crippen molar-refractivity contribution >= 4 is 60.7 Å². The zero-order chi connectivity index (χ0) is 15.6. The monoisotopic (exact) mass is 432 g/mol. The van der Waals surface area contributed by atoms with Crippen molar-refractivity contribution in [2.75, 3.05) is 5.32 Å². The van der Waals surface area contributed by atoms with Gasteiger partial charge in [-0.2, -0.15) is 0 Å². The van der Waals surface area contributed by atoms with Crippen LogP contribution in [0.25, 0.3) is 0 Å². The highest BCUT2D eigenvalue weighted by Crippen LogP contribution is 2.30. The number of rotatable bonds is 3. The van der Waals surface area contributed by atoms with Crippen molar-refractivity contribution in [3.8, 4) is 0 Å². The van der Waals surface area contributed by atoms with Crippen LogP contribution < -0.4 is 5.32 Å². The lowest BCUT2D eigenvalue weighted by Gasteiger charge is -2.08. The molecule has 2 aromatic carbocycles. The van der Waals surface area contributed by atoms with Crippen LogP contribution in [0.3, 0.4) is 0 Å². The van der Waals surface area contributed by atoms with Gasteiger partial charge in [0.25, 0.3) is 11.6 Å². The quantitative estimate of drug-likeness (QED) is 0.544. The fraction of sp³-hybridized carbons (Fsp3) is 0. The van der Waals surface area contributed by atoms with Gasteiger partial charge in [-0.05, 0) is 56.1 Å².